The normalized spacial score (nSPS) is 11.3. The minimum atomic E-state index is -0.0765. The largest absolute Gasteiger partial charge is 0.351 e. The Labute approximate surface area is 110 Å². The molecule has 1 rings (SSSR count). The third-order valence-corrected chi connectivity index (χ3v) is 2.85. The van der Waals surface area contributed by atoms with Gasteiger partial charge in [-0.3, -0.25) is 4.79 Å². The van der Waals surface area contributed by atoms with Crippen molar-refractivity contribution in [2.45, 2.75) is 25.7 Å². The third-order valence-electron chi connectivity index (χ3n) is 1.98. The van der Waals surface area contributed by atoms with Gasteiger partial charge in [-0.15, -0.1) is 12.6 Å². The van der Waals surface area contributed by atoms with Crippen LogP contribution in [0.2, 0.25) is 0 Å². The minimum Gasteiger partial charge on any atom is -0.351 e. The van der Waals surface area contributed by atoms with Gasteiger partial charge >= 0.3 is 0 Å². The van der Waals surface area contributed by atoms with Gasteiger partial charge in [0.15, 0.2) is 0 Å². The number of hydrogen-bond donors (Lipinski definition) is 2. The van der Waals surface area contributed by atoms with Crippen LogP contribution >= 0.6 is 28.6 Å². The SMILES string of the molecule is CC(C)(C)CNC(=O)c1ccc(Br)cc1S. The molecule has 2 nitrogen and oxygen atoms in total. The van der Waals surface area contributed by atoms with E-state index in [-0.39, 0.29) is 11.3 Å². The van der Waals surface area contributed by atoms with Gasteiger partial charge in [-0.2, -0.15) is 0 Å². The van der Waals surface area contributed by atoms with Gasteiger partial charge in [-0.1, -0.05) is 36.7 Å². The summed E-state index contributed by atoms with van der Waals surface area (Å²) in [7, 11) is 0. The Balaban J connectivity index is 2.74. The Morgan fingerprint density at radius 3 is 2.56 bits per heavy atom. The Bertz CT molecular complexity index is 398. The highest BCUT2D eigenvalue weighted by Gasteiger charge is 2.14. The van der Waals surface area contributed by atoms with Gasteiger partial charge in [-0.05, 0) is 23.6 Å². The predicted octanol–water partition coefficient (Wildman–Crippen LogP) is 3.51. The van der Waals surface area contributed by atoms with Crippen molar-refractivity contribution < 1.29 is 4.79 Å². The van der Waals surface area contributed by atoms with E-state index >= 15 is 0 Å². The molecular formula is C12H16BrNOS. The van der Waals surface area contributed by atoms with Crippen molar-refractivity contribution in [2.75, 3.05) is 6.54 Å². The van der Waals surface area contributed by atoms with Crippen molar-refractivity contribution in [2.24, 2.45) is 5.41 Å². The molecule has 0 heterocycles. The minimum absolute atomic E-state index is 0.0765. The van der Waals surface area contributed by atoms with E-state index in [0.29, 0.717) is 17.0 Å². The number of amides is 1. The molecule has 0 fully saturated rings. The lowest BCUT2D eigenvalue weighted by Gasteiger charge is -2.19. The average molecular weight is 302 g/mol. The van der Waals surface area contributed by atoms with Gasteiger partial charge in [0.05, 0.1) is 5.56 Å². The number of rotatable bonds is 2. The van der Waals surface area contributed by atoms with Crippen LogP contribution in [0.4, 0.5) is 0 Å². The molecule has 0 aliphatic carbocycles. The fourth-order valence-electron chi connectivity index (χ4n) is 1.14. The first-order valence-corrected chi connectivity index (χ1v) is 6.30. The van der Waals surface area contributed by atoms with E-state index in [2.05, 4.69) is 54.6 Å². The molecule has 0 atom stereocenters. The molecule has 0 saturated carbocycles. The summed E-state index contributed by atoms with van der Waals surface area (Å²) in [5, 5.41) is 2.90. The van der Waals surface area contributed by atoms with Crippen molar-refractivity contribution in [1.82, 2.24) is 5.32 Å². The zero-order valence-corrected chi connectivity index (χ0v) is 12.2. The van der Waals surface area contributed by atoms with Crippen molar-refractivity contribution in [1.29, 1.82) is 0 Å². The van der Waals surface area contributed by atoms with Crippen LogP contribution in [0.5, 0.6) is 0 Å². The maximum absolute atomic E-state index is 11.8. The number of carbonyl (C=O) groups is 1. The average Bonchev–Trinajstić information content (AvgIpc) is 2.13. The molecule has 1 aromatic carbocycles. The molecule has 88 valence electrons. The Kier molecular flexibility index (Phi) is 4.44. The van der Waals surface area contributed by atoms with Gasteiger partial charge < -0.3 is 5.32 Å². The van der Waals surface area contributed by atoms with Crippen LogP contribution in [-0.2, 0) is 0 Å². The van der Waals surface area contributed by atoms with Crippen LogP contribution in [0.3, 0.4) is 0 Å². The zero-order chi connectivity index (χ0) is 12.3. The summed E-state index contributed by atoms with van der Waals surface area (Å²) in [6.07, 6.45) is 0. The molecule has 1 amide bonds. The summed E-state index contributed by atoms with van der Waals surface area (Å²) in [6, 6.07) is 5.42. The van der Waals surface area contributed by atoms with Gasteiger partial charge in [-0.25, -0.2) is 0 Å². The van der Waals surface area contributed by atoms with Crippen LogP contribution in [0.25, 0.3) is 0 Å². The van der Waals surface area contributed by atoms with E-state index in [0.717, 1.165) is 4.47 Å². The molecule has 0 aromatic heterocycles. The smallest absolute Gasteiger partial charge is 0.252 e. The summed E-state index contributed by atoms with van der Waals surface area (Å²) in [5.41, 5.74) is 0.692. The Morgan fingerprint density at radius 2 is 2.06 bits per heavy atom. The van der Waals surface area contributed by atoms with Crippen LogP contribution in [0, 0.1) is 5.41 Å². The lowest BCUT2D eigenvalue weighted by Crippen LogP contribution is -2.32. The first kappa shape index (κ1) is 13.6. The van der Waals surface area contributed by atoms with E-state index in [1.165, 1.54) is 0 Å². The number of nitrogens with one attached hydrogen (secondary N) is 1. The Morgan fingerprint density at radius 1 is 1.44 bits per heavy atom. The lowest BCUT2D eigenvalue weighted by molar-refractivity contribution is 0.0936. The highest BCUT2D eigenvalue weighted by atomic mass is 79.9. The topological polar surface area (TPSA) is 29.1 Å². The van der Waals surface area contributed by atoms with Crippen molar-refractivity contribution >= 4 is 34.5 Å². The first-order chi connectivity index (χ1) is 7.29. The van der Waals surface area contributed by atoms with E-state index < -0.39 is 0 Å². The summed E-state index contributed by atoms with van der Waals surface area (Å²) in [6.45, 7) is 6.89. The molecule has 0 saturated heterocycles. The summed E-state index contributed by atoms with van der Waals surface area (Å²) >= 11 is 7.62. The lowest BCUT2D eigenvalue weighted by atomic mass is 9.97. The predicted molar refractivity (Wildman–Crippen MR) is 73.2 cm³/mol. The second kappa shape index (κ2) is 5.23. The third kappa shape index (κ3) is 4.18. The molecule has 0 bridgehead atoms. The molecule has 1 aromatic rings. The number of hydrogen-bond acceptors (Lipinski definition) is 2. The highest BCUT2D eigenvalue weighted by molar-refractivity contribution is 9.10. The van der Waals surface area contributed by atoms with E-state index in [1.54, 1.807) is 6.07 Å². The maximum Gasteiger partial charge on any atom is 0.252 e. The van der Waals surface area contributed by atoms with Crippen molar-refractivity contribution in [3.8, 4) is 0 Å². The summed E-state index contributed by atoms with van der Waals surface area (Å²) < 4.78 is 0.921. The number of carbonyl (C=O) groups excluding carboxylic acids is 1. The second-order valence-electron chi connectivity index (χ2n) is 4.90. The molecule has 0 spiro atoms. The fourth-order valence-corrected chi connectivity index (χ4v) is 1.99. The molecule has 0 aliphatic rings. The monoisotopic (exact) mass is 301 g/mol. The van der Waals surface area contributed by atoms with Gasteiger partial charge in [0.25, 0.3) is 5.91 Å². The molecule has 0 unspecified atom stereocenters. The Hall–Kier alpha value is -0.480. The molecule has 0 radical (unpaired) electrons. The first-order valence-electron chi connectivity index (χ1n) is 5.06. The van der Waals surface area contributed by atoms with Crippen molar-refractivity contribution in [3.63, 3.8) is 0 Å². The molecular weight excluding hydrogens is 286 g/mol. The summed E-state index contributed by atoms with van der Waals surface area (Å²) in [5.74, 6) is -0.0765. The number of halogens is 1. The molecule has 1 N–H and O–H groups in total. The highest BCUT2D eigenvalue weighted by Crippen LogP contribution is 2.20. The van der Waals surface area contributed by atoms with E-state index in [1.807, 2.05) is 12.1 Å². The quantitative estimate of drug-likeness (QED) is 0.804. The summed E-state index contributed by atoms with van der Waals surface area (Å²) in [4.78, 5) is 12.5. The molecule has 0 aliphatic heterocycles. The van der Waals surface area contributed by atoms with E-state index in [9.17, 15) is 4.79 Å². The van der Waals surface area contributed by atoms with Crippen LogP contribution in [0.15, 0.2) is 27.6 Å². The fraction of sp³-hybridized carbons (Fsp3) is 0.417. The van der Waals surface area contributed by atoms with Crippen LogP contribution < -0.4 is 5.32 Å². The van der Waals surface area contributed by atoms with Crippen LogP contribution in [-0.4, -0.2) is 12.5 Å². The van der Waals surface area contributed by atoms with Gasteiger partial charge in [0, 0.05) is 15.9 Å². The second-order valence-corrected chi connectivity index (χ2v) is 6.30. The standard InChI is InChI=1S/C12H16BrNOS/c1-12(2,3)7-14-11(15)9-5-4-8(13)6-10(9)16/h4-6,16H,7H2,1-3H3,(H,14,15). The zero-order valence-electron chi connectivity index (χ0n) is 9.67. The molecule has 4 heteroatoms. The maximum atomic E-state index is 11.8. The van der Waals surface area contributed by atoms with Crippen molar-refractivity contribution in [3.05, 3.63) is 28.2 Å². The number of thiol groups is 1. The van der Waals surface area contributed by atoms with Gasteiger partial charge in [0.2, 0.25) is 0 Å². The van der Waals surface area contributed by atoms with E-state index in [4.69, 9.17) is 0 Å². The van der Waals surface area contributed by atoms with Crippen LogP contribution in [0.1, 0.15) is 31.1 Å². The number of benzene rings is 1. The molecule has 16 heavy (non-hydrogen) atoms. The van der Waals surface area contributed by atoms with Gasteiger partial charge in [0.1, 0.15) is 0 Å².